The number of hydrogen-bond acceptors (Lipinski definition) is 8. The molecule has 5 rings (SSSR count). The summed E-state index contributed by atoms with van der Waals surface area (Å²) >= 11 is 6.18. The van der Waals surface area contributed by atoms with Gasteiger partial charge in [0.05, 0.1) is 30.3 Å². The molecule has 0 bridgehead atoms. The predicted octanol–water partition coefficient (Wildman–Crippen LogP) is 5.56. The molecule has 37 heavy (non-hydrogen) atoms. The van der Waals surface area contributed by atoms with Gasteiger partial charge in [0, 0.05) is 27.6 Å². The van der Waals surface area contributed by atoms with Crippen molar-refractivity contribution in [3.05, 3.63) is 78.0 Å². The summed E-state index contributed by atoms with van der Waals surface area (Å²) in [6.45, 7) is 0. The monoisotopic (exact) mass is 540 g/mol. The number of nitrogens with zero attached hydrogens (tertiary/aromatic N) is 3. The van der Waals surface area contributed by atoms with E-state index in [9.17, 15) is 8.42 Å². The highest BCUT2D eigenvalue weighted by Crippen LogP contribution is 2.39. The van der Waals surface area contributed by atoms with Crippen LogP contribution in [0.5, 0.6) is 11.5 Å². The lowest BCUT2D eigenvalue weighted by molar-refractivity contribution is 0.414. The van der Waals surface area contributed by atoms with E-state index >= 15 is 4.39 Å². The molecule has 0 atom stereocenters. The summed E-state index contributed by atoms with van der Waals surface area (Å²) in [6, 6.07) is 13.5. The molecule has 188 valence electrons. The van der Waals surface area contributed by atoms with Gasteiger partial charge in [0.15, 0.2) is 5.82 Å². The summed E-state index contributed by atoms with van der Waals surface area (Å²) in [6.07, 6.45) is 2.52. The first-order valence-electron chi connectivity index (χ1n) is 10.7. The zero-order valence-corrected chi connectivity index (χ0v) is 21.0. The Balaban J connectivity index is 1.60. The standard InChI is InChI=1S/C25H18ClFN4O5S/c1-34-16-8-14(7-15(26)9-16)19-12-23(35-2)20(11-21(19)27)25-18-4-3-17(10-22(18)28-13-29-25)37(32,33)31-24-5-6-36-30-24/h3-13H,1-2H3,(H,30,31). The van der Waals surface area contributed by atoms with Crippen LogP contribution in [0.3, 0.4) is 0 Å². The summed E-state index contributed by atoms with van der Waals surface area (Å²) in [5.74, 6) is 0.333. The average molecular weight is 541 g/mol. The number of nitrogens with one attached hydrogen (secondary N) is 1. The van der Waals surface area contributed by atoms with E-state index in [-0.39, 0.29) is 16.3 Å². The molecule has 2 heterocycles. The number of fused-ring (bicyclic) bond motifs is 1. The van der Waals surface area contributed by atoms with Crippen molar-refractivity contribution in [2.24, 2.45) is 0 Å². The molecule has 0 fully saturated rings. The van der Waals surface area contributed by atoms with Crippen LogP contribution in [0.1, 0.15) is 0 Å². The van der Waals surface area contributed by atoms with Crippen molar-refractivity contribution in [1.29, 1.82) is 0 Å². The van der Waals surface area contributed by atoms with Gasteiger partial charge in [-0.3, -0.25) is 4.72 Å². The molecular weight excluding hydrogens is 523 g/mol. The van der Waals surface area contributed by atoms with Crippen molar-refractivity contribution >= 4 is 38.3 Å². The van der Waals surface area contributed by atoms with Crippen LogP contribution in [-0.2, 0) is 10.0 Å². The number of ether oxygens (including phenoxy) is 2. The van der Waals surface area contributed by atoms with E-state index in [4.69, 9.17) is 21.1 Å². The van der Waals surface area contributed by atoms with Gasteiger partial charge in [0.1, 0.15) is 29.9 Å². The Hall–Kier alpha value is -4.22. The SMILES string of the molecule is COc1cc(Cl)cc(-c2cc(OC)c(-c3ncnc4cc(S(=O)(=O)Nc5ccon5)ccc34)cc2F)c1. The zero-order valence-electron chi connectivity index (χ0n) is 19.4. The molecule has 0 amide bonds. The second-order valence-electron chi connectivity index (χ2n) is 7.80. The first-order chi connectivity index (χ1) is 17.8. The second kappa shape index (κ2) is 9.68. The van der Waals surface area contributed by atoms with Crippen LogP contribution in [-0.4, -0.2) is 37.8 Å². The second-order valence-corrected chi connectivity index (χ2v) is 9.92. The minimum Gasteiger partial charge on any atom is -0.497 e. The highest BCUT2D eigenvalue weighted by atomic mass is 35.5. The van der Waals surface area contributed by atoms with Gasteiger partial charge in [0.2, 0.25) is 0 Å². The lowest BCUT2D eigenvalue weighted by Crippen LogP contribution is -2.13. The maximum atomic E-state index is 15.4. The maximum absolute atomic E-state index is 15.4. The lowest BCUT2D eigenvalue weighted by Gasteiger charge is -2.14. The van der Waals surface area contributed by atoms with Gasteiger partial charge >= 0.3 is 0 Å². The Kier molecular flexibility index (Phi) is 6.40. The zero-order chi connectivity index (χ0) is 26.2. The van der Waals surface area contributed by atoms with Crippen LogP contribution >= 0.6 is 11.6 Å². The van der Waals surface area contributed by atoms with Gasteiger partial charge in [-0.05, 0) is 54.1 Å². The van der Waals surface area contributed by atoms with Crippen molar-refractivity contribution < 1.29 is 26.8 Å². The number of halogens is 2. The van der Waals surface area contributed by atoms with Crippen LogP contribution in [0.25, 0.3) is 33.3 Å². The fourth-order valence-electron chi connectivity index (χ4n) is 3.85. The number of hydrogen-bond donors (Lipinski definition) is 1. The average Bonchev–Trinajstić information content (AvgIpc) is 3.39. The van der Waals surface area contributed by atoms with Crippen LogP contribution in [0.2, 0.25) is 5.02 Å². The quantitative estimate of drug-likeness (QED) is 0.285. The highest BCUT2D eigenvalue weighted by molar-refractivity contribution is 7.92. The van der Waals surface area contributed by atoms with Crippen molar-refractivity contribution in [3.63, 3.8) is 0 Å². The number of benzene rings is 3. The minimum atomic E-state index is -3.96. The molecular formula is C25H18ClFN4O5S. The number of aromatic nitrogens is 3. The van der Waals surface area contributed by atoms with Crippen LogP contribution in [0, 0.1) is 5.82 Å². The van der Waals surface area contributed by atoms with Gasteiger partial charge < -0.3 is 14.0 Å². The summed E-state index contributed by atoms with van der Waals surface area (Å²) in [5.41, 5.74) is 1.82. The number of anilines is 1. The molecule has 9 nitrogen and oxygen atoms in total. The summed E-state index contributed by atoms with van der Waals surface area (Å²) in [7, 11) is -0.998. The van der Waals surface area contributed by atoms with Gasteiger partial charge in [0.25, 0.3) is 10.0 Å². The molecule has 0 aliphatic carbocycles. The maximum Gasteiger partial charge on any atom is 0.263 e. The normalized spacial score (nSPS) is 11.5. The van der Waals surface area contributed by atoms with Gasteiger partial charge in [-0.25, -0.2) is 22.8 Å². The van der Waals surface area contributed by atoms with Crippen molar-refractivity contribution in [2.75, 3.05) is 18.9 Å². The molecule has 0 unspecified atom stereocenters. The first-order valence-corrected chi connectivity index (χ1v) is 12.6. The fraction of sp³-hybridized carbons (Fsp3) is 0.0800. The third kappa shape index (κ3) is 4.78. The van der Waals surface area contributed by atoms with Crippen molar-refractivity contribution in [2.45, 2.75) is 4.90 Å². The molecule has 3 aromatic carbocycles. The first kappa shape index (κ1) is 24.5. The van der Waals surface area contributed by atoms with E-state index < -0.39 is 15.8 Å². The van der Waals surface area contributed by atoms with Gasteiger partial charge in [-0.2, -0.15) is 0 Å². The molecule has 2 aromatic heterocycles. The third-order valence-electron chi connectivity index (χ3n) is 5.56. The molecule has 0 spiro atoms. The van der Waals surface area contributed by atoms with E-state index in [1.807, 2.05) is 0 Å². The number of rotatable bonds is 7. The van der Waals surface area contributed by atoms with Crippen LogP contribution in [0.4, 0.5) is 10.2 Å². The Morgan fingerprint density at radius 1 is 0.973 bits per heavy atom. The minimum absolute atomic E-state index is 0.0427. The summed E-state index contributed by atoms with van der Waals surface area (Å²) < 4.78 is 58.8. The van der Waals surface area contributed by atoms with E-state index in [0.717, 1.165) is 0 Å². The Bertz CT molecular complexity index is 1730. The molecule has 0 radical (unpaired) electrons. The molecule has 0 saturated heterocycles. The number of sulfonamides is 1. The Morgan fingerprint density at radius 2 is 1.81 bits per heavy atom. The highest BCUT2D eigenvalue weighted by Gasteiger charge is 2.20. The van der Waals surface area contributed by atoms with E-state index in [2.05, 4.69) is 24.4 Å². The molecule has 1 N–H and O–H groups in total. The predicted molar refractivity (Wildman–Crippen MR) is 136 cm³/mol. The molecule has 5 aromatic rings. The molecule has 0 aliphatic rings. The Labute approximate surface area is 215 Å². The van der Waals surface area contributed by atoms with E-state index in [1.54, 1.807) is 30.3 Å². The van der Waals surface area contributed by atoms with Gasteiger partial charge in [-0.15, -0.1) is 0 Å². The topological polar surface area (TPSA) is 116 Å². The smallest absolute Gasteiger partial charge is 0.263 e. The van der Waals surface area contributed by atoms with Crippen LogP contribution < -0.4 is 14.2 Å². The van der Waals surface area contributed by atoms with Crippen LogP contribution in [0.15, 0.2) is 76.6 Å². The summed E-state index contributed by atoms with van der Waals surface area (Å²) in [5, 5.41) is 4.45. The van der Waals surface area contributed by atoms with Crippen molar-refractivity contribution in [1.82, 2.24) is 15.1 Å². The third-order valence-corrected chi connectivity index (χ3v) is 7.13. The molecule has 0 aliphatic heterocycles. The van der Waals surface area contributed by atoms with Gasteiger partial charge in [-0.1, -0.05) is 16.8 Å². The largest absolute Gasteiger partial charge is 0.497 e. The lowest BCUT2D eigenvalue weighted by atomic mass is 9.99. The fourth-order valence-corrected chi connectivity index (χ4v) is 5.08. The Morgan fingerprint density at radius 3 is 2.54 bits per heavy atom. The number of methoxy groups -OCH3 is 2. The van der Waals surface area contributed by atoms with Crippen molar-refractivity contribution in [3.8, 4) is 33.9 Å². The molecule has 0 saturated carbocycles. The summed E-state index contributed by atoms with van der Waals surface area (Å²) in [4.78, 5) is 8.50. The molecule has 12 heteroatoms. The van der Waals surface area contributed by atoms with E-state index in [0.29, 0.717) is 44.2 Å². The van der Waals surface area contributed by atoms with E-state index in [1.165, 1.54) is 51.1 Å².